The van der Waals surface area contributed by atoms with E-state index in [0.717, 1.165) is 12.8 Å². The SMILES string of the molecule is Cn1cc(S(=O)(=O)N2CCCC2)cc1C(=O)Nc1ncccc1OCC1CCCCC1. The molecule has 2 aromatic heterocycles. The monoisotopic (exact) mass is 446 g/mol. The fraction of sp³-hybridized carbons (Fsp3) is 0.545. The number of aromatic nitrogens is 2. The molecule has 8 nitrogen and oxygen atoms in total. The van der Waals surface area contributed by atoms with Crippen molar-refractivity contribution < 1.29 is 17.9 Å². The lowest BCUT2D eigenvalue weighted by Crippen LogP contribution is -2.27. The molecule has 1 saturated heterocycles. The molecule has 0 atom stereocenters. The number of aryl methyl sites for hydroxylation is 1. The summed E-state index contributed by atoms with van der Waals surface area (Å²) >= 11 is 0. The number of nitrogens with zero attached hydrogens (tertiary/aromatic N) is 3. The van der Waals surface area contributed by atoms with Gasteiger partial charge in [-0.05, 0) is 49.8 Å². The minimum absolute atomic E-state index is 0.136. The molecule has 2 fully saturated rings. The Morgan fingerprint density at radius 2 is 1.94 bits per heavy atom. The average molecular weight is 447 g/mol. The second-order valence-corrected chi connectivity index (χ2v) is 10.3. The summed E-state index contributed by atoms with van der Waals surface area (Å²) in [7, 11) is -1.92. The summed E-state index contributed by atoms with van der Waals surface area (Å²) in [6.07, 6.45) is 10.9. The molecule has 31 heavy (non-hydrogen) atoms. The van der Waals surface area contributed by atoms with Crippen LogP contribution in [0.2, 0.25) is 0 Å². The predicted molar refractivity (Wildman–Crippen MR) is 118 cm³/mol. The fourth-order valence-corrected chi connectivity index (χ4v) is 5.90. The van der Waals surface area contributed by atoms with E-state index < -0.39 is 15.9 Å². The zero-order chi connectivity index (χ0) is 21.8. The van der Waals surface area contributed by atoms with Crippen molar-refractivity contribution in [1.29, 1.82) is 0 Å². The lowest BCUT2D eigenvalue weighted by molar-refractivity contribution is 0.101. The summed E-state index contributed by atoms with van der Waals surface area (Å²) < 4.78 is 34.6. The van der Waals surface area contributed by atoms with Crippen LogP contribution in [0, 0.1) is 5.92 Å². The highest BCUT2D eigenvalue weighted by Crippen LogP contribution is 2.28. The maximum absolute atomic E-state index is 12.9. The van der Waals surface area contributed by atoms with Crippen molar-refractivity contribution in [2.75, 3.05) is 25.0 Å². The summed E-state index contributed by atoms with van der Waals surface area (Å²) in [6.45, 7) is 1.65. The Bertz CT molecular complexity index is 1020. The van der Waals surface area contributed by atoms with E-state index in [2.05, 4.69) is 10.3 Å². The molecule has 9 heteroatoms. The van der Waals surface area contributed by atoms with Crippen LogP contribution >= 0.6 is 0 Å². The van der Waals surface area contributed by atoms with E-state index in [-0.39, 0.29) is 10.6 Å². The van der Waals surface area contributed by atoms with Crippen LogP contribution in [0.1, 0.15) is 55.4 Å². The standard InChI is InChI=1S/C22H30N4O4S/c1-25-15-18(31(28,29)26-12-5-6-13-26)14-19(25)22(27)24-21-20(10-7-11-23-21)30-16-17-8-3-2-4-9-17/h7,10-11,14-15,17H,2-6,8-9,12-13,16H2,1H3,(H,23,24,27). The van der Waals surface area contributed by atoms with Crippen molar-refractivity contribution in [3.05, 3.63) is 36.3 Å². The van der Waals surface area contributed by atoms with Crippen molar-refractivity contribution >= 4 is 21.7 Å². The number of carbonyl (C=O) groups is 1. The van der Waals surface area contributed by atoms with Gasteiger partial charge in [-0.1, -0.05) is 19.3 Å². The summed E-state index contributed by atoms with van der Waals surface area (Å²) in [5, 5.41) is 2.79. The second-order valence-electron chi connectivity index (χ2n) is 8.40. The Hall–Kier alpha value is -2.39. The van der Waals surface area contributed by atoms with Gasteiger partial charge in [0.15, 0.2) is 11.6 Å². The molecule has 1 amide bonds. The largest absolute Gasteiger partial charge is 0.489 e. The van der Waals surface area contributed by atoms with Gasteiger partial charge in [-0.15, -0.1) is 0 Å². The van der Waals surface area contributed by atoms with Gasteiger partial charge in [-0.2, -0.15) is 4.31 Å². The van der Waals surface area contributed by atoms with Crippen molar-refractivity contribution in [2.24, 2.45) is 13.0 Å². The zero-order valence-corrected chi connectivity index (χ0v) is 18.7. The molecular weight excluding hydrogens is 416 g/mol. The third kappa shape index (κ3) is 4.93. The number of hydrogen-bond donors (Lipinski definition) is 1. The second kappa shape index (κ2) is 9.40. The third-order valence-corrected chi connectivity index (χ3v) is 7.98. The van der Waals surface area contributed by atoms with E-state index in [9.17, 15) is 13.2 Å². The minimum Gasteiger partial charge on any atom is -0.489 e. The van der Waals surface area contributed by atoms with Crippen molar-refractivity contribution in [2.45, 2.75) is 49.8 Å². The van der Waals surface area contributed by atoms with Crippen LogP contribution in [0.4, 0.5) is 5.82 Å². The highest BCUT2D eigenvalue weighted by molar-refractivity contribution is 7.89. The fourth-order valence-electron chi connectivity index (χ4n) is 4.31. The van der Waals surface area contributed by atoms with Gasteiger partial charge in [0.1, 0.15) is 10.6 Å². The Morgan fingerprint density at radius 1 is 1.19 bits per heavy atom. The van der Waals surface area contributed by atoms with E-state index in [1.165, 1.54) is 53.2 Å². The van der Waals surface area contributed by atoms with E-state index in [0.29, 0.717) is 37.2 Å². The van der Waals surface area contributed by atoms with Gasteiger partial charge in [-0.25, -0.2) is 13.4 Å². The van der Waals surface area contributed by atoms with Crippen LogP contribution < -0.4 is 10.1 Å². The highest BCUT2D eigenvalue weighted by atomic mass is 32.2. The van der Waals surface area contributed by atoms with Gasteiger partial charge in [-0.3, -0.25) is 4.79 Å². The minimum atomic E-state index is -3.58. The molecule has 0 radical (unpaired) electrons. The molecule has 0 spiro atoms. The number of pyridine rings is 1. The van der Waals surface area contributed by atoms with Gasteiger partial charge in [0.2, 0.25) is 10.0 Å². The maximum atomic E-state index is 12.9. The Morgan fingerprint density at radius 3 is 2.68 bits per heavy atom. The molecule has 2 aliphatic rings. The molecule has 168 valence electrons. The number of hydrogen-bond acceptors (Lipinski definition) is 5. The number of carbonyl (C=O) groups excluding carboxylic acids is 1. The van der Waals surface area contributed by atoms with Gasteiger partial charge >= 0.3 is 0 Å². The van der Waals surface area contributed by atoms with Crippen LogP contribution in [-0.2, 0) is 17.1 Å². The molecule has 1 saturated carbocycles. The van der Waals surface area contributed by atoms with Crippen LogP contribution in [0.15, 0.2) is 35.5 Å². The average Bonchev–Trinajstić information content (AvgIpc) is 3.45. The van der Waals surface area contributed by atoms with E-state index in [1.54, 1.807) is 25.4 Å². The molecular formula is C22H30N4O4S. The number of ether oxygens (including phenoxy) is 1. The molecule has 2 aromatic rings. The van der Waals surface area contributed by atoms with E-state index in [1.807, 2.05) is 0 Å². The Kier molecular flexibility index (Phi) is 6.62. The summed E-state index contributed by atoms with van der Waals surface area (Å²) in [4.78, 5) is 17.3. The van der Waals surface area contributed by atoms with Crippen LogP contribution in [0.3, 0.4) is 0 Å². The van der Waals surface area contributed by atoms with E-state index in [4.69, 9.17) is 4.74 Å². The first-order chi connectivity index (χ1) is 14.9. The Balaban J connectivity index is 1.47. The number of nitrogens with one attached hydrogen (secondary N) is 1. The topological polar surface area (TPSA) is 93.5 Å². The molecule has 0 bridgehead atoms. The summed E-state index contributed by atoms with van der Waals surface area (Å²) in [6, 6.07) is 4.99. The lowest BCUT2D eigenvalue weighted by Gasteiger charge is -2.22. The number of amides is 1. The van der Waals surface area contributed by atoms with Gasteiger partial charge in [0.25, 0.3) is 5.91 Å². The summed E-state index contributed by atoms with van der Waals surface area (Å²) in [5.74, 6) is 0.976. The smallest absolute Gasteiger partial charge is 0.273 e. The first kappa shape index (κ1) is 21.8. The van der Waals surface area contributed by atoms with Crippen LogP contribution in [0.25, 0.3) is 0 Å². The normalized spacial score (nSPS) is 18.2. The van der Waals surface area contributed by atoms with Crippen molar-refractivity contribution in [1.82, 2.24) is 13.9 Å². The van der Waals surface area contributed by atoms with Gasteiger partial charge in [0, 0.05) is 32.5 Å². The first-order valence-electron chi connectivity index (χ1n) is 11.0. The molecule has 1 aliphatic heterocycles. The number of sulfonamides is 1. The van der Waals surface area contributed by atoms with Gasteiger partial charge in [0.05, 0.1) is 6.61 Å². The van der Waals surface area contributed by atoms with Gasteiger partial charge < -0.3 is 14.6 Å². The number of rotatable bonds is 7. The highest BCUT2D eigenvalue weighted by Gasteiger charge is 2.29. The van der Waals surface area contributed by atoms with Crippen molar-refractivity contribution in [3.63, 3.8) is 0 Å². The van der Waals surface area contributed by atoms with Crippen LogP contribution in [0.5, 0.6) is 5.75 Å². The van der Waals surface area contributed by atoms with Crippen molar-refractivity contribution in [3.8, 4) is 5.75 Å². The molecule has 0 unspecified atom stereocenters. The Labute approximate surface area is 183 Å². The molecule has 0 aromatic carbocycles. The zero-order valence-electron chi connectivity index (χ0n) is 17.9. The molecule has 1 N–H and O–H groups in total. The number of anilines is 1. The quantitative estimate of drug-likeness (QED) is 0.703. The molecule has 4 rings (SSSR count). The predicted octanol–water partition coefficient (Wildman–Crippen LogP) is 3.42. The first-order valence-corrected chi connectivity index (χ1v) is 12.4. The van der Waals surface area contributed by atoms with E-state index >= 15 is 0 Å². The molecule has 1 aliphatic carbocycles. The third-order valence-electron chi connectivity index (χ3n) is 6.12. The maximum Gasteiger partial charge on any atom is 0.273 e. The summed E-state index contributed by atoms with van der Waals surface area (Å²) in [5.41, 5.74) is 0.252. The lowest BCUT2D eigenvalue weighted by atomic mass is 9.90. The molecule has 3 heterocycles. The van der Waals surface area contributed by atoms with Crippen LogP contribution in [-0.4, -0.2) is 47.9 Å².